The Morgan fingerprint density at radius 1 is 1.16 bits per heavy atom. The number of piperazine rings is 1. The second-order valence-electron chi connectivity index (χ2n) is 11.7. The Bertz CT molecular complexity index is 1630. The first kappa shape index (κ1) is 30.5. The summed E-state index contributed by atoms with van der Waals surface area (Å²) in [6.45, 7) is 14.0. The summed E-state index contributed by atoms with van der Waals surface area (Å²) >= 11 is 2.39. The third-order valence-corrected chi connectivity index (χ3v) is 9.74. The van der Waals surface area contributed by atoms with E-state index >= 15 is 0 Å². The number of β-amino-alcohol motifs (C(OH)–C–C–N with tert-alkyl or cyclic N) is 1. The zero-order valence-corrected chi connectivity index (χ0v) is 26.8. The van der Waals surface area contributed by atoms with Crippen LogP contribution in [0.5, 0.6) is 6.01 Å². The Hall–Kier alpha value is -3.54. The quantitative estimate of drug-likeness (QED) is 0.226. The lowest BCUT2D eigenvalue weighted by atomic mass is 10.0. The van der Waals surface area contributed by atoms with Crippen molar-refractivity contribution in [1.29, 1.82) is 0 Å². The highest BCUT2D eigenvalue weighted by Crippen LogP contribution is 2.36. The van der Waals surface area contributed by atoms with E-state index in [-0.39, 0.29) is 31.2 Å². The Kier molecular flexibility index (Phi) is 8.89. The fourth-order valence-corrected chi connectivity index (χ4v) is 7.40. The SMILES string of the molecule is [C-]#[N+]C[C@H]1CN(c2nc(OC[C@@H]3CC(O)CN3C)nc3c2CCN(c2cccc4cccc([131I])c24)C3)CCN1C(=O)C(=C)F. The van der Waals surface area contributed by atoms with E-state index in [0.29, 0.717) is 45.6 Å². The van der Waals surface area contributed by atoms with Crippen LogP contribution in [-0.2, 0) is 17.8 Å². The molecule has 3 aliphatic rings. The second kappa shape index (κ2) is 12.8. The van der Waals surface area contributed by atoms with Gasteiger partial charge in [0.1, 0.15) is 18.5 Å². The number of ether oxygens (including phenoxy) is 1. The molecule has 10 nitrogen and oxygen atoms in total. The predicted octanol–water partition coefficient (Wildman–Crippen LogP) is 3.66. The number of fused-ring (bicyclic) bond motifs is 2. The standard InChI is InChI=1S/C32H35FIN7O3/c1-20(33)31(43)41-13-12-40(16-23(41)15-35-2)30-25-10-11-39(28-9-5-7-21-6-4-8-26(34)29(21)28)18-27(25)36-32(37-30)44-19-22-14-24(42)17-38(22)3/h4-9,22-24,42H,1,10-19H2,3H3/t22-,23-,24?/m0/s1/i34+4. The summed E-state index contributed by atoms with van der Waals surface area (Å²) in [5, 5.41) is 12.5. The van der Waals surface area contributed by atoms with Gasteiger partial charge in [0.05, 0.1) is 18.3 Å². The van der Waals surface area contributed by atoms with Gasteiger partial charge >= 0.3 is 6.01 Å². The van der Waals surface area contributed by atoms with Gasteiger partial charge in [-0.15, -0.1) is 0 Å². The smallest absolute Gasteiger partial charge is 0.318 e. The third kappa shape index (κ3) is 6.05. The van der Waals surface area contributed by atoms with Gasteiger partial charge in [-0.05, 0) is 60.0 Å². The van der Waals surface area contributed by atoms with Gasteiger partial charge in [0.15, 0.2) is 5.83 Å². The second-order valence-corrected chi connectivity index (χ2v) is 12.8. The third-order valence-electron chi connectivity index (χ3n) is 8.84. The molecule has 1 amide bonds. The van der Waals surface area contributed by atoms with Gasteiger partial charge in [-0.2, -0.15) is 9.97 Å². The molecule has 6 rings (SSSR count). The molecule has 12 heteroatoms. The maximum atomic E-state index is 13.8. The molecule has 2 fully saturated rings. The fourth-order valence-electron chi connectivity index (χ4n) is 6.61. The average Bonchev–Trinajstić information content (AvgIpc) is 3.35. The predicted molar refractivity (Wildman–Crippen MR) is 175 cm³/mol. The summed E-state index contributed by atoms with van der Waals surface area (Å²) in [7, 11) is 1.97. The summed E-state index contributed by atoms with van der Waals surface area (Å²) in [6.07, 6.45) is 0.941. The molecule has 3 atom stereocenters. The lowest BCUT2D eigenvalue weighted by Gasteiger charge is -2.41. The molecule has 4 heterocycles. The minimum absolute atomic E-state index is 0.0498. The number of hydrogen-bond donors (Lipinski definition) is 1. The van der Waals surface area contributed by atoms with E-state index in [1.165, 1.54) is 19.2 Å². The van der Waals surface area contributed by atoms with Crippen LogP contribution in [-0.4, -0.2) is 102 Å². The maximum Gasteiger partial charge on any atom is 0.318 e. The van der Waals surface area contributed by atoms with Crippen LogP contribution >= 0.6 is 22.6 Å². The van der Waals surface area contributed by atoms with Crippen molar-refractivity contribution in [3.8, 4) is 6.01 Å². The van der Waals surface area contributed by atoms with Crippen molar-refractivity contribution in [2.45, 2.75) is 37.6 Å². The van der Waals surface area contributed by atoms with Crippen LogP contribution in [0.15, 0.2) is 48.8 Å². The van der Waals surface area contributed by atoms with Crippen LogP contribution in [0.3, 0.4) is 0 Å². The number of carbonyl (C=O) groups excluding carboxylic acids is 1. The number of nitrogens with zero attached hydrogens (tertiary/aromatic N) is 7. The van der Waals surface area contributed by atoms with Gasteiger partial charge in [0, 0.05) is 59.0 Å². The number of likely N-dealkylation sites (tertiary alicyclic amines) is 1. The van der Waals surface area contributed by atoms with Crippen molar-refractivity contribution < 1.29 is 19.0 Å². The van der Waals surface area contributed by atoms with E-state index in [4.69, 9.17) is 21.3 Å². The lowest BCUT2D eigenvalue weighted by molar-refractivity contribution is -0.131. The minimum atomic E-state index is -1.02. The van der Waals surface area contributed by atoms with Crippen molar-refractivity contribution >= 4 is 50.8 Å². The monoisotopic (exact) mass is 715 g/mol. The first-order valence-electron chi connectivity index (χ1n) is 14.8. The number of aliphatic hydroxyl groups excluding tert-OH is 1. The van der Waals surface area contributed by atoms with Crippen LogP contribution in [0.1, 0.15) is 17.7 Å². The minimum Gasteiger partial charge on any atom is -0.462 e. The fraction of sp³-hybridized carbons (Fsp3) is 0.438. The van der Waals surface area contributed by atoms with Crippen molar-refractivity contribution in [3.63, 3.8) is 0 Å². The Morgan fingerprint density at radius 3 is 2.68 bits per heavy atom. The van der Waals surface area contributed by atoms with Gasteiger partial charge in [-0.3, -0.25) is 9.69 Å². The van der Waals surface area contributed by atoms with E-state index in [2.05, 4.69) is 85.1 Å². The molecule has 1 N–H and O–H groups in total. The molecule has 3 aliphatic heterocycles. The van der Waals surface area contributed by atoms with Crippen LogP contribution in [0, 0.1) is 10.1 Å². The van der Waals surface area contributed by atoms with E-state index in [1.54, 1.807) is 0 Å². The number of aromatic nitrogens is 2. The van der Waals surface area contributed by atoms with E-state index < -0.39 is 17.8 Å². The summed E-state index contributed by atoms with van der Waals surface area (Å²) in [4.78, 5) is 33.8. The summed E-state index contributed by atoms with van der Waals surface area (Å²) in [6, 6.07) is 12.5. The molecular formula is C32H35FIN7O3. The van der Waals surface area contributed by atoms with Crippen LogP contribution in [0.2, 0.25) is 0 Å². The molecule has 0 bridgehead atoms. The van der Waals surface area contributed by atoms with E-state index in [9.17, 15) is 14.3 Å². The van der Waals surface area contributed by atoms with Gasteiger partial charge in [-0.25, -0.2) is 11.0 Å². The zero-order valence-electron chi connectivity index (χ0n) is 24.6. The molecule has 0 aliphatic carbocycles. The van der Waals surface area contributed by atoms with Crippen molar-refractivity contribution in [2.24, 2.45) is 0 Å². The molecule has 0 radical (unpaired) electrons. The molecule has 230 valence electrons. The topological polar surface area (TPSA) is 89.6 Å². The van der Waals surface area contributed by atoms with Crippen LogP contribution < -0.4 is 14.5 Å². The Labute approximate surface area is 270 Å². The number of amides is 1. The number of benzene rings is 2. The number of anilines is 2. The van der Waals surface area contributed by atoms with Crippen LogP contribution in [0.4, 0.5) is 15.9 Å². The number of carbonyl (C=O) groups is 1. The van der Waals surface area contributed by atoms with Gasteiger partial charge in [0.2, 0.25) is 6.54 Å². The highest BCUT2D eigenvalue weighted by Gasteiger charge is 2.36. The highest BCUT2D eigenvalue weighted by molar-refractivity contribution is 14.1. The summed E-state index contributed by atoms with van der Waals surface area (Å²) < 4.78 is 21.2. The highest BCUT2D eigenvalue weighted by atomic mass is 131. The van der Waals surface area contributed by atoms with Gasteiger partial charge < -0.3 is 29.4 Å². The van der Waals surface area contributed by atoms with Crippen molar-refractivity contribution in [2.75, 3.05) is 62.7 Å². The number of halogens is 2. The number of hydrogen-bond acceptors (Lipinski definition) is 8. The van der Waals surface area contributed by atoms with Crippen molar-refractivity contribution in [1.82, 2.24) is 19.8 Å². The summed E-state index contributed by atoms with van der Waals surface area (Å²) in [5.74, 6) is -1.05. The maximum absolute atomic E-state index is 13.8. The number of likely N-dealkylation sites (N-methyl/N-ethyl adjacent to an activating group) is 1. The molecule has 0 spiro atoms. The average molecular weight is 716 g/mol. The molecule has 1 unspecified atom stereocenters. The molecule has 0 saturated carbocycles. The molecule has 2 saturated heterocycles. The number of rotatable bonds is 7. The Morgan fingerprint density at radius 2 is 1.95 bits per heavy atom. The molecule has 2 aromatic carbocycles. The largest absolute Gasteiger partial charge is 0.462 e. The Balaban J connectivity index is 1.34. The van der Waals surface area contributed by atoms with E-state index in [1.807, 2.05) is 7.05 Å². The molecule has 44 heavy (non-hydrogen) atoms. The first-order chi connectivity index (χ1) is 21.2. The first-order valence-corrected chi connectivity index (χ1v) is 15.9. The van der Waals surface area contributed by atoms with Gasteiger partial charge in [0.25, 0.3) is 5.91 Å². The van der Waals surface area contributed by atoms with E-state index in [0.717, 1.165) is 29.3 Å². The van der Waals surface area contributed by atoms with Gasteiger partial charge in [-0.1, -0.05) is 30.8 Å². The number of aliphatic hydroxyl groups is 1. The zero-order chi connectivity index (χ0) is 31.0. The molecule has 1 aromatic heterocycles. The summed E-state index contributed by atoms with van der Waals surface area (Å²) in [5.41, 5.74) is 3.04. The molecule has 3 aromatic rings. The lowest BCUT2D eigenvalue weighted by Crippen LogP contribution is -2.57. The normalized spacial score (nSPS) is 22.2. The van der Waals surface area contributed by atoms with Crippen molar-refractivity contribution in [3.05, 3.63) is 75.0 Å². The molecular weight excluding hydrogens is 680 g/mol. The van der Waals surface area contributed by atoms with Crippen LogP contribution in [0.25, 0.3) is 15.6 Å².